The first kappa shape index (κ1) is 16.1. The quantitative estimate of drug-likeness (QED) is 0.886. The van der Waals surface area contributed by atoms with Crippen molar-refractivity contribution in [2.45, 2.75) is 24.9 Å². The van der Waals surface area contributed by atoms with Crippen LogP contribution in [0.25, 0.3) is 0 Å². The van der Waals surface area contributed by atoms with E-state index in [1.54, 1.807) is 6.92 Å². The predicted molar refractivity (Wildman–Crippen MR) is 81.9 cm³/mol. The van der Waals surface area contributed by atoms with E-state index in [1.807, 2.05) is 17.5 Å². The minimum Gasteiger partial charge on any atom is -0.326 e. The SMILES string of the molecule is CCN(Cc1cccs1)S(=O)(=O)c1cc(CN)ccc1F. The average molecular weight is 328 g/mol. The highest BCUT2D eigenvalue weighted by molar-refractivity contribution is 7.89. The Balaban J connectivity index is 2.39. The van der Waals surface area contributed by atoms with Gasteiger partial charge in [-0.15, -0.1) is 11.3 Å². The van der Waals surface area contributed by atoms with Crippen molar-refractivity contribution in [3.8, 4) is 0 Å². The normalized spacial score (nSPS) is 12.0. The standard InChI is InChI=1S/C14H17FN2O2S2/c1-2-17(10-12-4-3-7-20-12)21(18,19)14-8-11(9-16)5-6-13(14)15/h3-8H,2,9-10,16H2,1H3. The second kappa shape index (κ2) is 6.65. The van der Waals surface area contributed by atoms with Gasteiger partial charge in [0.2, 0.25) is 10.0 Å². The van der Waals surface area contributed by atoms with Crippen molar-refractivity contribution >= 4 is 21.4 Å². The first-order valence-corrected chi connectivity index (χ1v) is 8.82. The minimum atomic E-state index is -3.88. The summed E-state index contributed by atoms with van der Waals surface area (Å²) in [6.07, 6.45) is 0. The van der Waals surface area contributed by atoms with Crippen LogP contribution >= 0.6 is 11.3 Å². The van der Waals surface area contributed by atoms with Gasteiger partial charge in [-0.25, -0.2) is 12.8 Å². The van der Waals surface area contributed by atoms with Crippen LogP contribution in [-0.4, -0.2) is 19.3 Å². The van der Waals surface area contributed by atoms with Crippen molar-refractivity contribution < 1.29 is 12.8 Å². The van der Waals surface area contributed by atoms with Crippen LogP contribution in [-0.2, 0) is 23.1 Å². The van der Waals surface area contributed by atoms with Crippen molar-refractivity contribution in [2.24, 2.45) is 5.73 Å². The monoisotopic (exact) mass is 328 g/mol. The Morgan fingerprint density at radius 1 is 1.33 bits per heavy atom. The fourth-order valence-corrected chi connectivity index (χ4v) is 4.30. The summed E-state index contributed by atoms with van der Waals surface area (Å²) in [5, 5.41) is 1.88. The molecule has 0 atom stereocenters. The number of nitrogens with two attached hydrogens (primary N) is 1. The summed E-state index contributed by atoms with van der Waals surface area (Å²) in [6.45, 7) is 2.41. The third-order valence-electron chi connectivity index (χ3n) is 3.11. The van der Waals surface area contributed by atoms with Crippen LogP contribution in [0.3, 0.4) is 0 Å². The number of hydrogen-bond donors (Lipinski definition) is 1. The number of benzene rings is 1. The summed E-state index contributed by atoms with van der Waals surface area (Å²) >= 11 is 1.47. The van der Waals surface area contributed by atoms with E-state index in [0.29, 0.717) is 5.56 Å². The minimum absolute atomic E-state index is 0.167. The van der Waals surface area contributed by atoms with Gasteiger partial charge in [-0.1, -0.05) is 19.1 Å². The van der Waals surface area contributed by atoms with Gasteiger partial charge in [-0.3, -0.25) is 0 Å². The predicted octanol–water partition coefficient (Wildman–Crippen LogP) is 2.56. The molecule has 7 heteroatoms. The molecule has 1 aromatic carbocycles. The molecule has 0 amide bonds. The fourth-order valence-electron chi connectivity index (χ4n) is 1.95. The maximum absolute atomic E-state index is 13.9. The van der Waals surface area contributed by atoms with Crippen molar-refractivity contribution in [1.29, 1.82) is 0 Å². The molecule has 114 valence electrons. The average Bonchev–Trinajstić information content (AvgIpc) is 2.98. The molecular weight excluding hydrogens is 311 g/mol. The Bertz CT molecular complexity index is 700. The molecule has 1 heterocycles. The molecular formula is C14H17FN2O2S2. The largest absolute Gasteiger partial charge is 0.326 e. The Hall–Kier alpha value is -1.28. The molecule has 0 bridgehead atoms. The summed E-state index contributed by atoms with van der Waals surface area (Å²) in [6, 6.07) is 7.66. The van der Waals surface area contributed by atoms with Crippen LogP contribution in [0.15, 0.2) is 40.6 Å². The lowest BCUT2D eigenvalue weighted by atomic mass is 10.2. The zero-order valence-corrected chi connectivity index (χ0v) is 13.3. The zero-order chi connectivity index (χ0) is 15.5. The number of hydrogen-bond acceptors (Lipinski definition) is 4. The molecule has 0 spiro atoms. The van der Waals surface area contributed by atoms with Crippen LogP contribution in [0, 0.1) is 5.82 Å². The van der Waals surface area contributed by atoms with Gasteiger partial charge in [0, 0.05) is 24.5 Å². The fraction of sp³-hybridized carbons (Fsp3) is 0.286. The van der Waals surface area contributed by atoms with Crippen LogP contribution in [0.5, 0.6) is 0 Å². The first-order chi connectivity index (χ1) is 9.98. The molecule has 2 N–H and O–H groups in total. The van der Waals surface area contributed by atoms with E-state index in [0.717, 1.165) is 10.9 Å². The van der Waals surface area contributed by atoms with Crippen LogP contribution < -0.4 is 5.73 Å². The van der Waals surface area contributed by atoms with Gasteiger partial charge in [0.15, 0.2) is 0 Å². The van der Waals surface area contributed by atoms with Gasteiger partial charge >= 0.3 is 0 Å². The molecule has 2 aromatic rings. The third-order valence-corrected chi connectivity index (χ3v) is 5.91. The Morgan fingerprint density at radius 2 is 2.10 bits per heavy atom. The molecule has 0 fully saturated rings. The number of thiophene rings is 1. The molecule has 1 aromatic heterocycles. The molecule has 0 aliphatic rings. The molecule has 4 nitrogen and oxygen atoms in total. The molecule has 0 saturated heterocycles. The Labute approximate surface area is 128 Å². The van der Waals surface area contributed by atoms with Crippen molar-refractivity contribution in [2.75, 3.05) is 6.54 Å². The summed E-state index contributed by atoms with van der Waals surface area (Å²) in [4.78, 5) is 0.597. The first-order valence-electron chi connectivity index (χ1n) is 6.50. The molecule has 0 aliphatic heterocycles. The van der Waals surface area contributed by atoms with Gasteiger partial charge in [0.25, 0.3) is 0 Å². The number of halogens is 1. The summed E-state index contributed by atoms with van der Waals surface area (Å²) in [5.74, 6) is -0.753. The Kier molecular flexibility index (Phi) is 5.10. The van der Waals surface area contributed by atoms with E-state index < -0.39 is 15.8 Å². The van der Waals surface area contributed by atoms with E-state index >= 15 is 0 Å². The summed E-state index contributed by atoms with van der Waals surface area (Å²) < 4.78 is 40.5. The second-order valence-corrected chi connectivity index (χ2v) is 7.42. The van der Waals surface area contributed by atoms with Gasteiger partial charge in [-0.2, -0.15) is 4.31 Å². The van der Waals surface area contributed by atoms with Gasteiger partial charge < -0.3 is 5.73 Å². The highest BCUT2D eigenvalue weighted by Gasteiger charge is 2.27. The Morgan fingerprint density at radius 3 is 2.67 bits per heavy atom. The zero-order valence-electron chi connectivity index (χ0n) is 11.6. The van der Waals surface area contributed by atoms with Crippen LogP contribution in [0.2, 0.25) is 0 Å². The molecule has 0 unspecified atom stereocenters. The second-order valence-electron chi connectivity index (χ2n) is 4.48. The van der Waals surface area contributed by atoms with Gasteiger partial charge in [-0.05, 0) is 29.1 Å². The maximum atomic E-state index is 13.9. The maximum Gasteiger partial charge on any atom is 0.246 e. The van der Waals surface area contributed by atoms with E-state index in [9.17, 15) is 12.8 Å². The molecule has 0 radical (unpaired) electrons. The summed E-state index contributed by atoms with van der Waals surface area (Å²) in [5.41, 5.74) is 6.09. The van der Waals surface area contributed by atoms with E-state index in [-0.39, 0.29) is 24.5 Å². The lowest BCUT2D eigenvalue weighted by Crippen LogP contribution is -2.31. The van der Waals surface area contributed by atoms with Crippen molar-refractivity contribution in [1.82, 2.24) is 4.31 Å². The lowest BCUT2D eigenvalue weighted by molar-refractivity contribution is 0.422. The summed E-state index contributed by atoms with van der Waals surface area (Å²) in [7, 11) is -3.88. The van der Waals surface area contributed by atoms with Crippen molar-refractivity contribution in [3.63, 3.8) is 0 Å². The topological polar surface area (TPSA) is 63.4 Å². The smallest absolute Gasteiger partial charge is 0.246 e. The molecule has 2 rings (SSSR count). The van der Waals surface area contributed by atoms with E-state index in [2.05, 4.69) is 0 Å². The third kappa shape index (κ3) is 3.49. The van der Waals surface area contributed by atoms with E-state index in [4.69, 9.17) is 5.73 Å². The van der Waals surface area contributed by atoms with Gasteiger partial charge in [0.1, 0.15) is 10.7 Å². The van der Waals surface area contributed by atoms with Gasteiger partial charge in [0.05, 0.1) is 0 Å². The van der Waals surface area contributed by atoms with Crippen LogP contribution in [0.1, 0.15) is 17.4 Å². The number of nitrogens with zero attached hydrogens (tertiary/aromatic N) is 1. The number of sulfonamides is 1. The van der Waals surface area contributed by atoms with Crippen molar-refractivity contribution in [3.05, 3.63) is 52.0 Å². The lowest BCUT2D eigenvalue weighted by Gasteiger charge is -2.20. The highest BCUT2D eigenvalue weighted by atomic mass is 32.2. The molecule has 0 saturated carbocycles. The number of rotatable bonds is 6. The molecule has 0 aliphatic carbocycles. The van der Waals surface area contributed by atoms with Crippen LogP contribution in [0.4, 0.5) is 4.39 Å². The van der Waals surface area contributed by atoms with E-state index in [1.165, 1.54) is 27.8 Å². The highest BCUT2D eigenvalue weighted by Crippen LogP contribution is 2.23. The molecule has 21 heavy (non-hydrogen) atoms.